The molecule has 1 aromatic heterocycles. The number of phenolic OH excluding ortho intramolecular Hbond substituents is 1. The molecule has 0 radical (unpaired) electrons. The van der Waals surface area contributed by atoms with E-state index < -0.39 is 0 Å². The van der Waals surface area contributed by atoms with Gasteiger partial charge in [-0.25, -0.2) is 15.0 Å². The Morgan fingerprint density at radius 1 is 0.714 bits per heavy atom. The lowest BCUT2D eigenvalue weighted by Crippen LogP contribution is -1.99. The van der Waals surface area contributed by atoms with Crippen molar-refractivity contribution < 1.29 is 9.84 Å². The van der Waals surface area contributed by atoms with Gasteiger partial charge in [0.2, 0.25) is 0 Å². The summed E-state index contributed by atoms with van der Waals surface area (Å²) in [5.74, 6) is 1.83. The number of benzene rings is 2. The zero-order valence-electron chi connectivity index (χ0n) is 21.7. The highest BCUT2D eigenvalue weighted by atomic mass is 16.5. The lowest BCUT2D eigenvalue weighted by atomic mass is 10.1. The van der Waals surface area contributed by atoms with Crippen molar-refractivity contribution in [2.75, 3.05) is 6.61 Å². The minimum absolute atomic E-state index is 0.110. The van der Waals surface area contributed by atoms with Gasteiger partial charge in [-0.15, -0.1) is 0 Å². The molecule has 0 saturated heterocycles. The van der Waals surface area contributed by atoms with Crippen LogP contribution in [0.1, 0.15) is 88.7 Å². The van der Waals surface area contributed by atoms with Crippen LogP contribution in [0.5, 0.6) is 11.5 Å². The fourth-order valence-electron chi connectivity index (χ4n) is 4.37. The van der Waals surface area contributed by atoms with E-state index in [1.807, 2.05) is 31.2 Å². The molecule has 0 spiro atoms. The van der Waals surface area contributed by atoms with Gasteiger partial charge in [-0.05, 0) is 38.0 Å². The third-order valence-corrected chi connectivity index (χ3v) is 6.42. The number of aromatic hydroxyl groups is 1. The van der Waals surface area contributed by atoms with Gasteiger partial charge in [0.05, 0.1) is 12.2 Å². The first-order chi connectivity index (χ1) is 17.1. The van der Waals surface area contributed by atoms with Crippen molar-refractivity contribution in [3.8, 4) is 34.3 Å². The van der Waals surface area contributed by atoms with Crippen LogP contribution in [0.2, 0.25) is 0 Å². The molecular formula is C30H41N3O2. The van der Waals surface area contributed by atoms with Gasteiger partial charge in [0.1, 0.15) is 17.8 Å². The maximum atomic E-state index is 10.6. The molecule has 1 heterocycles. The molecule has 0 fully saturated rings. The molecule has 0 aliphatic carbocycles. The standard InChI is InChI=1S/C30H41N3O2/c1-4-5-6-7-8-9-10-11-12-13-14-19-35-25-16-18-27(28(34)21-25)30-32-22-31-29(33-30)26-17-15-23(2)20-24(26)3/h15-18,20-22,34H,4-14,19H2,1-3H3. The summed E-state index contributed by atoms with van der Waals surface area (Å²) in [4.78, 5) is 13.2. The van der Waals surface area contributed by atoms with E-state index in [-0.39, 0.29) is 5.75 Å². The molecule has 0 unspecified atom stereocenters. The number of aryl methyl sites for hydroxylation is 2. The Hall–Kier alpha value is -2.95. The first-order valence-electron chi connectivity index (χ1n) is 13.3. The summed E-state index contributed by atoms with van der Waals surface area (Å²) in [6.07, 6.45) is 15.9. The van der Waals surface area contributed by atoms with Crippen molar-refractivity contribution in [2.24, 2.45) is 0 Å². The number of unbranched alkanes of at least 4 members (excludes halogenated alkanes) is 10. The fraction of sp³-hybridized carbons (Fsp3) is 0.500. The van der Waals surface area contributed by atoms with E-state index >= 15 is 0 Å². The summed E-state index contributed by atoms with van der Waals surface area (Å²) in [6, 6.07) is 11.5. The second-order valence-electron chi connectivity index (χ2n) is 9.51. The van der Waals surface area contributed by atoms with Crippen molar-refractivity contribution in [2.45, 2.75) is 91.4 Å². The van der Waals surface area contributed by atoms with E-state index in [1.54, 1.807) is 6.07 Å². The van der Waals surface area contributed by atoms with Gasteiger partial charge in [-0.3, -0.25) is 0 Å². The average Bonchev–Trinajstić information content (AvgIpc) is 2.85. The number of phenols is 1. The Morgan fingerprint density at radius 2 is 1.31 bits per heavy atom. The van der Waals surface area contributed by atoms with Gasteiger partial charge < -0.3 is 9.84 Å². The molecule has 3 aromatic rings. The SMILES string of the molecule is CCCCCCCCCCCCCOc1ccc(-c2ncnc(-c3ccc(C)cc3C)n2)c(O)c1. The highest BCUT2D eigenvalue weighted by molar-refractivity contribution is 5.68. The predicted molar refractivity (Wildman–Crippen MR) is 144 cm³/mol. The van der Waals surface area contributed by atoms with Crippen molar-refractivity contribution >= 4 is 0 Å². The lowest BCUT2D eigenvalue weighted by molar-refractivity contribution is 0.302. The normalized spacial score (nSPS) is 11.1. The summed E-state index contributed by atoms with van der Waals surface area (Å²) in [5.41, 5.74) is 3.84. The summed E-state index contributed by atoms with van der Waals surface area (Å²) in [7, 11) is 0. The fourth-order valence-corrected chi connectivity index (χ4v) is 4.37. The summed E-state index contributed by atoms with van der Waals surface area (Å²) < 4.78 is 5.87. The van der Waals surface area contributed by atoms with Gasteiger partial charge in [0, 0.05) is 11.6 Å². The van der Waals surface area contributed by atoms with Gasteiger partial charge in [0.25, 0.3) is 0 Å². The van der Waals surface area contributed by atoms with Gasteiger partial charge in [-0.2, -0.15) is 0 Å². The van der Waals surface area contributed by atoms with E-state index in [0.717, 1.165) is 17.5 Å². The number of ether oxygens (including phenoxy) is 1. The molecule has 0 saturated carbocycles. The lowest BCUT2D eigenvalue weighted by Gasteiger charge is -2.10. The van der Waals surface area contributed by atoms with Gasteiger partial charge in [0.15, 0.2) is 11.6 Å². The molecule has 0 atom stereocenters. The number of hydrogen-bond donors (Lipinski definition) is 1. The third-order valence-electron chi connectivity index (χ3n) is 6.42. The van der Waals surface area contributed by atoms with E-state index in [1.165, 1.54) is 76.1 Å². The zero-order valence-corrected chi connectivity index (χ0v) is 21.7. The topological polar surface area (TPSA) is 68.1 Å². The van der Waals surface area contributed by atoms with E-state index in [0.29, 0.717) is 29.6 Å². The van der Waals surface area contributed by atoms with Crippen LogP contribution < -0.4 is 4.74 Å². The molecule has 188 valence electrons. The molecule has 3 rings (SSSR count). The quantitative estimate of drug-likeness (QED) is 0.224. The Kier molecular flexibility index (Phi) is 11.0. The second kappa shape index (κ2) is 14.4. The first-order valence-corrected chi connectivity index (χ1v) is 13.3. The number of hydrogen-bond acceptors (Lipinski definition) is 5. The minimum atomic E-state index is 0.110. The first kappa shape index (κ1) is 26.7. The second-order valence-corrected chi connectivity index (χ2v) is 9.51. The Morgan fingerprint density at radius 3 is 1.94 bits per heavy atom. The van der Waals surface area contributed by atoms with Gasteiger partial charge in [-0.1, -0.05) is 94.9 Å². The van der Waals surface area contributed by atoms with E-state index in [9.17, 15) is 5.11 Å². The van der Waals surface area contributed by atoms with Crippen molar-refractivity contribution in [1.29, 1.82) is 0 Å². The largest absolute Gasteiger partial charge is 0.507 e. The molecule has 0 aliphatic heterocycles. The minimum Gasteiger partial charge on any atom is -0.507 e. The molecule has 5 nitrogen and oxygen atoms in total. The van der Waals surface area contributed by atoms with Crippen molar-refractivity contribution in [1.82, 2.24) is 15.0 Å². The van der Waals surface area contributed by atoms with Crippen LogP contribution in [0.4, 0.5) is 0 Å². The maximum absolute atomic E-state index is 10.6. The molecule has 2 aromatic carbocycles. The third kappa shape index (κ3) is 8.65. The van der Waals surface area contributed by atoms with Crippen LogP contribution in [-0.4, -0.2) is 26.7 Å². The number of rotatable bonds is 15. The molecule has 35 heavy (non-hydrogen) atoms. The van der Waals surface area contributed by atoms with Crippen molar-refractivity contribution in [3.05, 3.63) is 53.9 Å². The Balaban J connectivity index is 1.43. The highest BCUT2D eigenvalue weighted by Crippen LogP contribution is 2.31. The summed E-state index contributed by atoms with van der Waals surface area (Å²) in [6.45, 7) is 7.04. The Labute approximate surface area is 211 Å². The van der Waals surface area contributed by atoms with Crippen LogP contribution in [-0.2, 0) is 0 Å². The summed E-state index contributed by atoms with van der Waals surface area (Å²) in [5, 5.41) is 10.6. The smallest absolute Gasteiger partial charge is 0.167 e. The van der Waals surface area contributed by atoms with E-state index in [2.05, 4.69) is 34.9 Å². The van der Waals surface area contributed by atoms with Crippen LogP contribution in [0, 0.1) is 13.8 Å². The Bertz CT molecular complexity index is 1050. The molecule has 5 heteroatoms. The predicted octanol–water partition coefficient (Wildman–Crippen LogP) is 8.22. The summed E-state index contributed by atoms with van der Waals surface area (Å²) >= 11 is 0. The van der Waals surface area contributed by atoms with Crippen molar-refractivity contribution in [3.63, 3.8) is 0 Å². The molecule has 0 bridgehead atoms. The van der Waals surface area contributed by atoms with Gasteiger partial charge >= 0.3 is 0 Å². The van der Waals surface area contributed by atoms with Crippen LogP contribution in [0.15, 0.2) is 42.7 Å². The molecule has 0 aliphatic rings. The monoisotopic (exact) mass is 475 g/mol. The maximum Gasteiger partial charge on any atom is 0.167 e. The number of aromatic nitrogens is 3. The highest BCUT2D eigenvalue weighted by Gasteiger charge is 2.12. The van der Waals surface area contributed by atoms with E-state index in [4.69, 9.17) is 4.74 Å². The van der Waals surface area contributed by atoms with Crippen LogP contribution in [0.25, 0.3) is 22.8 Å². The molecule has 0 amide bonds. The number of nitrogens with zero attached hydrogens (tertiary/aromatic N) is 3. The zero-order chi connectivity index (χ0) is 24.9. The molecule has 1 N–H and O–H groups in total. The molecular weight excluding hydrogens is 434 g/mol. The average molecular weight is 476 g/mol. The van der Waals surface area contributed by atoms with Crippen LogP contribution in [0.3, 0.4) is 0 Å². The van der Waals surface area contributed by atoms with Crippen LogP contribution >= 0.6 is 0 Å².